The molecule has 5 rings (SSSR count). The van der Waals surface area contributed by atoms with Gasteiger partial charge in [0.1, 0.15) is 5.65 Å². The molecule has 1 spiro atoms. The van der Waals surface area contributed by atoms with Crippen molar-refractivity contribution in [1.82, 2.24) is 14.3 Å². The molecule has 0 radical (unpaired) electrons. The monoisotopic (exact) mass is 353 g/mol. The quantitative estimate of drug-likeness (QED) is 0.675. The topological polar surface area (TPSA) is 46.8 Å². The zero-order valence-electron chi connectivity index (χ0n) is 13.9. The smallest absolute Gasteiger partial charge is 0.255 e. The summed E-state index contributed by atoms with van der Waals surface area (Å²) in [5.74, 6) is 0.0896. The summed E-state index contributed by atoms with van der Waals surface area (Å²) in [5, 5.41) is 2.17. The van der Waals surface area contributed by atoms with Crippen LogP contribution in [0.15, 0.2) is 42.2 Å². The molecule has 0 bridgehead atoms. The number of pyridine rings is 1. The van der Waals surface area contributed by atoms with Crippen LogP contribution >= 0.6 is 11.3 Å². The number of ether oxygens (including phenoxy) is 1. The number of hydrogen-bond donors (Lipinski definition) is 0. The highest BCUT2D eigenvalue weighted by Gasteiger charge is 2.42. The van der Waals surface area contributed by atoms with Crippen molar-refractivity contribution in [2.24, 2.45) is 0 Å². The summed E-state index contributed by atoms with van der Waals surface area (Å²) >= 11 is 1.83. The van der Waals surface area contributed by atoms with Gasteiger partial charge in [-0.2, -0.15) is 0 Å². The maximum atomic E-state index is 12.9. The van der Waals surface area contributed by atoms with E-state index in [4.69, 9.17) is 4.74 Å². The first-order valence-corrected chi connectivity index (χ1v) is 9.56. The average molecular weight is 353 g/mol. The standard InChI is InChI=1S/C19H19N3O2S/c23-18(14-1-2-17-20-7-10-22(17)13-14)21-8-5-19(6-9-21)15-4-12-25-16(15)3-11-24-19/h1-2,4,7,10,12-13H,3,5-6,8-9,11H2. The van der Waals surface area contributed by atoms with Crippen LogP contribution in [0.4, 0.5) is 0 Å². The molecule has 3 aromatic heterocycles. The third-order valence-corrected chi connectivity index (χ3v) is 6.42. The second kappa shape index (κ2) is 5.68. The van der Waals surface area contributed by atoms with Gasteiger partial charge in [0.05, 0.1) is 17.8 Å². The molecule has 5 nitrogen and oxygen atoms in total. The molecule has 1 amide bonds. The normalized spacial score (nSPS) is 19.3. The van der Waals surface area contributed by atoms with Crippen LogP contribution in [0.25, 0.3) is 5.65 Å². The molecule has 0 unspecified atom stereocenters. The molecule has 0 N–H and O–H groups in total. The van der Waals surface area contributed by atoms with Gasteiger partial charge in [0.15, 0.2) is 0 Å². The lowest BCUT2D eigenvalue weighted by Gasteiger charge is -2.44. The number of carbonyl (C=O) groups is 1. The van der Waals surface area contributed by atoms with Crippen molar-refractivity contribution in [3.05, 3.63) is 58.2 Å². The lowest BCUT2D eigenvalue weighted by atomic mass is 9.82. The second-order valence-corrected chi connectivity index (χ2v) is 7.75. The molecule has 2 aliphatic rings. The van der Waals surface area contributed by atoms with Gasteiger partial charge in [-0.25, -0.2) is 4.98 Å². The highest BCUT2D eigenvalue weighted by Crippen LogP contribution is 2.43. The molecule has 3 aromatic rings. The van der Waals surface area contributed by atoms with E-state index in [0.717, 1.165) is 44.6 Å². The van der Waals surface area contributed by atoms with E-state index in [1.807, 2.05) is 45.2 Å². The number of likely N-dealkylation sites (tertiary alicyclic amines) is 1. The fourth-order valence-corrected chi connectivity index (χ4v) is 5.02. The number of rotatable bonds is 1. The van der Waals surface area contributed by atoms with Crippen LogP contribution in [0, 0.1) is 0 Å². The zero-order chi connectivity index (χ0) is 16.9. The molecular formula is C19H19N3O2S. The first kappa shape index (κ1) is 15.1. The number of nitrogens with zero attached hydrogens (tertiary/aromatic N) is 3. The van der Waals surface area contributed by atoms with Gasteiger partial charge >= 0.3 is 0 Å². The molecule has 5 heterocycles. The highest BCUT2D eigenvalue weighted by atomic mass is 32.1. The number of amides is 1. The molecule has 1 fully saturated rings. The van der Waals surface area contributed by atoms with Crippen LogP contribution < -0.4 is 0 Å². The SMILES string of the molecule is O=C(c1ccc2nccn2c1)N1CCC2(CC1)OCCc1sccc12. The average Bonchev–Trinajstić information content (AvgIpc) is 3.31. The Morgan fingerprint density at radius 3 is 3.00 bits per heavy atom. The Morgan fingerprint density at radius 1 is 1.24 bits per heavy atom. The van der Waals surface area contributed by atoms with Crippen molar-refractivity contribution in [1.29, 1.82) is 0 Å². The van der Waals surface area contributed by atoms with E-state index in [1.54, 1.807) is 6.20 Å². The van der Waals surface area contributed by atoms with Crippen LogP contribution in [0.5, 0.6) is 0 Å². The van der Waals surface area contributed by atoms with E-state index >= 15 is 0 Å². The van der Waals surface area contributed by atoms with E-state index in [9.17, 15) is 4.79 Å². The van der Waals surface area contributed by atoms with Gasteiger partial charge in [-0.05, 0) is 42.0 Å². The van der Waals surface area contributed by atoms with Gasteiger partial charge in [-0.15, -0.1) is 11.3 Å². The summed E-state index contributed by atoms with van der Waals surface area (Å²) in [6, 6.07) is 5.97. The Labute approximate surface area is 149 Å². The van der Waals surface area contributed by atoms with E-state index in [-0.39, 0.29) is 11.5 Å². The number of thiophene rings is 1. The van der Waals surface area contributed by atoms with Gasteiger partial charge in [0, 0.05) is 43.0 Å². The van der Waals surface area contributed by atoms with E-state index < -0.39 is 0 Å². The van der Waals surface area contributed by atoms with Gasteiger partial charge < -0.3 is 14.0 Å². The molecule has 0 aromatic carbocycles. The molecule has 0 atom stereocenters. The Balaban J connectivity index is 1.36. The third-order valence-electron chi connectivity index (χ3n) is 5.44. The van der Waals surface area contributed by atoms with Gasteiger partial charge in [0.2, 0.25) is 0 Å². The van der Waals surface area contributed by atoms with E-state index in [2.05, 4.69) is 16.4 Å². The van der Waals surface area contributed by atoms with Gasteiger partial charge in [-0.1, -0.05) is 0 Å². The minimum Gasteiger partial charge on any atom is -0.370 e. The number of aromatic nitrogens is 2. The predicted octanol–water partition coefficient (Wildman–Crippen LogP) is 3.10. The van der Waals surface area contributed by atoms with E-state index in [0.29, 0.717) is 5.56 Å². The number of fused-ring (bicyclic) bond motifs is 3. The van der Waals surface area contributed by atoms with Gasteiger partial charge in [-0.3, -0.25) is 4.79 Å². The first-order valence-electron chi connectivity index (χ1n) is 8.68. The lowest BCUT2D eigenvalue weighted by molar-refractivity contribution is -0.0926. The van der Waals surface area contributed by atoms with Crippen molar-refractivity contribution in [3.63, 3.8) is 0 Å². The molecular weight excluding hydrogens is 334 g/mol. The summed E-state index contributed by atoms with van der Waals surface area (Å²) < 4.78 is 8.12. The first-order chi connectivity index (χ1) is 12.3. The van der Waals surface area contributed by atoms with Crippen molar-refractivity contribution < 1.29 is 9.53 Å². The van der Waals surface area contributed by atoms with Gasteiger partial charge in [0.25, 0.3) is 5.91 Å². The Kier molecular flexibility index (Phi) is 3.43. The number of carbonyl (C=O) groups excluding carboxylic acids is 1. The van der Waals surface area contributed by atoms with Crippen molar-refractivity contribution in [2.75, 3.05) is 19.7 Å². The van der Waals surface area contributed by atoms with Crippen LogP contribution in [-0.2, 0) is 16.8 Å². The Bertz CT molecular complexity index is 937. The summed E-state index contributed by atoms with van der Waals surface area (Å²) in [4.78, 5) is 20.5. The highest BCUT2D eigenvalue weighted by molar-refractivity contribution is 7.10. The van der Waals surface area contributed by atoms with Crippen LogP contribution in [0.1, 0.15) is 33.6 Å². The number of piperidine rings is 1. The molecule has 128 valence electrons. The van der Waals surface area contributed by atoms with Crippen LogP contribution in [0.3, 0.4) is 0 Å². The maximum Gasteiger partial charge on any atom is 0.255 e. The van der Waals surface area contributed by atoms with Crippen LogP contribution in [0.2, 0.25) is 0 Å². The number of hydrogen-bond acceptors (Lipinski definition) is 4. The number of imidazole rings is 1. The summed E-state index contributed by atoms with van der Waals surface area (Å²) in [6.07, 6.45) is 8.23. The maximum absolute atomic E-state index is 12.9. The van der Waals surface area contributed by atoms with Crippen LogP contribution in [-0.4, -0.2) is 39.9 Å². The zero-order valence-corrected chi connectivity index (χ0v) is 14.7. The fraction of sp³-hybridized carbons (Fsp3) is 0.368. The lowest BCUT2D eigenvalue weighted by Crippen LogP contribution is -2.48. The minimum atomic E-state index is -0.182. The summed E-state index contributed by atoms with van der Waals surface area (Å²) in [6.45, 7) is 2.25. The molecule has 1 saturated heterocycles. The Morgan fingerprint density at radius 2 is 2.12 bits per heavy atom. The van der Waals surface area contributed by atoms with Crippen molar-refractivity contribution in [3.8, 4) is 0 Å². The third kappa shape index (κ3) is 2.40. The molecule has 0 aliphatic carbocycles. The largest absolute Gasteiger partial charge is 0.370 e. The minimum absolute atomic E-state index is 0.0896. The van der Waals surface area contributed by atoms with Crippen molar-refractivity contribution in [2.45, 2.75) is 24.9 Å². The fourth-order valence-electron chi connectivity index (χ4n) is 4.07. The van der Waals surface area contributed by atoms with E-state index in [1.165, 1.54) is 10.4 Å². The summed E-state index contributed by atoms with van der Waals surface area (Å²) in [5.41, 5.74) is 2.74. The van der Waals surface area contributed by atoms with Crippen molar-refractivity contribution >= 4 is 22.9 Å². The molecule has 0 saturated carbocycles. The predicted molar refractivity (Wildman–Crippen MR) is 96.0 cm³/mol. The Hall–Kier alpha value is -2.18. The second-order valence-electron chi connectivity index (χ2n) is 6.75. The molecule has 2 aliphatic heterocycles. The summed E-state index contributed by atoms with van der Waals surface area (Å²) in [7, 11) is 0. The molecule has 25 heavy (non-hydrogen) atoms. The molecule has 6 heteroatoms.